The predicted molar refractivity (Wildman–Crippen MR) is 61.5 cm³/mol. The summed E-state index contributed by atoms with van der Waals surface area (Å²) in [4.78, 5) is 20.2. The Morgan fingerprint density at radius 3 is 1.05 bits per heavy atom. The van der Waals surface area contributed by atoms with E-state index in [4.69, 9.17) is 0 Å². The minimum absolute atomic E-state index is 0. The van der Waals surface area contributed by atoms with Gasteiger partial charge in [0.05, 0.1) is 11.9 Å². The third-order valence-corrected chi connectivity index (χ3v) is 2.02. The van der Waals surface area contributed by atoms with Crippen molar-refractivity contribution in [3.8, 4) is 0 Å². The molecule has 0 spiro atoms. The normalized spacial score (nSPS) is 8.42. The molecule has 0 unspecified atom stereocenters. The Hall–Kier alpha value is -2.11. The van der Waals surface area contributed by atoms with Crippen LogP contribution in [-0.2, 0) is 16.8 Å². The average molecular weight is 301 g/mol. The summed E-state index contributed by atoms with van der Waals surface area (Å²) in [6.45, 7) is 0. The maximum absolute atomic E-state index is 10.1. The quantitative estimate of drug-likeness (QED) is 0.788. The summed E-state index contributed by atoms with van der Waals surface area (Å²) in [5.41, 5.74) is 0.440. The van der Waals surface area contributed by atoms with Gasteiger partial charge in [0.2, 0.25) is 0 Å². The summed E-state index contributed by atoms with van der Waals surface area (Å²) in [6, 6.07) is 16.1. The van der Waals surface area contributed by atoms with Crippen LogP contribution in [0.2, 0.25) is 0 Å². The van der Waals surface area contributed by atoms with Crippen LogP contribution in [0.5, 0.6) is 0 Å². The number of carbonyl (C=O) groups excluding carboxylic acids is 2. The summed E-state index contributed by atoms with van der Waals surface area (Å²) in [5, 5.41) is 20.2. The summed E-state index contributed by atoms with van der Waals surface area (Å²) in [7, 11) is 0. The van der Waals surface area contributed by atoms with Gasteiger partial charge >= 0.3 is 16.8 Å². The smallest absolute Gasteiger partial charge is 0.545 e. The molecule has 0 aliphatic carbocycles. The molecule has 0 N–H and O–H groups in total. The van der Waals surface area contributed by atoms with Gasteiger partial charge in [-0.25, -0.2) is 0 Å². The molecule has 2 rings (SSSR count). The van der Waals surface area contributed by atoms with Crippen LogP contribution < -0.4 is 10.2 Å². The van der Waals surface area contributed by atoms with Gasteiger partial charge in [-0.3, -0.25) is 0 Å². The molecule has 0 atom stereocenters. The fraction of sp³-hybridized carbons (Fsp3) is 0. The van der Waals surface area contributed by atoms with E-state index in [-0.39, 0.29) is 27.9 Å². The molecule has 0 aromatic heterocycles. The minimum Gasteiger partial charge on any atom is -0.545 e. The fourth-order valence-corrected chi connectivity index (χ4v) is 1.15. The van der Waals surface area contributed by atoms with Gasteiger partial charge in [-0.15, -0.1) is 0 Å². The SMILES string of the molecule is O=C([O-])c1ccccc1.O=C([O-])c1ccccc1.[Co+2]. The second-order valence-electron chi connectivity index (χ2n) is 3.31. The Morgan fingerprint density at radius 1 is 0.632 bits per heavy atom. The summed E-state index contributed by atoms with van der Waals surface area (Å²) in [5.74, 6) is -2.26. The molecule has 0 saturated heterocycles. The average Bonchev–Trinajstić information content (AvgIpc) is 2.41. The number of carboxylic acid groups (broad SMARTS) is 2. The maximum Gasteiger partial charge on any atom is 2.00 e. The Labute approximate surface area is 120 Å². The first-order valence-corrected chi connectivity index (χ1v) is 5.14. The van der Waals surface area contributed by atoms with E-state index in [1.54, 1.807) is 36.4 Å². The number of benzene rings is 2. The molecule has 0 aliphatic rings. The van der Waals surface area contributed by atoms with Crippen LogP contribution in [0, 0.1) is 0 Å². The van der Waals surface area contributed by atoms with Gasteiger partial charge in [-0.2, -0.15) is 0 Å². The van der Waals surface area contributed by atoms with Crippen molar-refractivity contribution in [2.75, 3.05) is 0 Å². The van der Waals surface area contributed by atoms with E-state index < -0.39 is 11.9 Å². The molecule has 99 valence electrons. The summed E-state index contributed by atoms with van der Waals surface area (Å²) >= 11 is 0. The predicted octanol–water partition coefficient (Wildman–Crippen LogP) is 0.0977. The summed E-state index contributed by atoms with van der Waals surface area (Å²) in [6.07, 6.45) is 0. The molecule has 0 fully saturated rings. The van der Waals surface area contributed by atoms with E-state index in [2.05, 4.69) is 0 Å². The summed E-state index contributed by atoms with van der Waals surface area (Å²) < 4.78 is 0. The first-order valence-electron chi connectivity index (χ1n) is 5.14. The van der Waals surface area contributed by atoms with E-state index in [0.717, 1.165) is 0 Å². The van der Waals surface area contributed by atoms with Gasteiger partial charge in [0.1, 0.15) is 0 Å². The van der Waals surface area contributed by atoms with Crippen molar-refractivity contribution >= 4 is 11.9 Å². The maximum atomic E-state index is 10.1. The molecule has 2 aromatic rings. The van der Waals surface area contributed by atoms with Gasteiger partial charge in [0, 0.05) is 0 Å². The molecule has 0 saturated carbocycles. The molecule has 4 nitrogen and oxygen atoms in total. The van der Waals surface area contributed by atoms with Crippen LogP contribution in [0.4, 0.5) is 0 Å². The molecule has 5 heteroatoms. The van der Waals surface area contributed by atoms with Gasteiger partial charge in [0.25, 0.3) is 0 Å². The van der Waals surface area contributed by atoms with Crippen molar-refractivity contribution in [2.24, 2.45) is 0 Å². The Kier molecular flexibility index (Phi) is 7.91. The molecule has 0 aliphatic heterocycles. The van der Waals surface area contributed by atoms with Gasteiger partial charge in [-0.1, -0.05) is 60.7 Å². The topological polar surface area (TPSA) is 80.3 Å². The third-order valence-electron chi connectivity index (χ3n) is 2.02. The van der Waals surface area contributed by atoms with E-state index >= 15 is 0 Å². The molecule has 2 aromatic carbocycles. The zero-order valence-corrected chi connectivity index (χ0v) is 10.8. The zero-order chi connectivity index (χ0) is 13.4. The van der Waals surface area contributed by atoms with Crippen LogP contribution in [0.25, 0.3) is 0 Å². The molecule has 0 heterocycles. The number of rotatable bonds is 2. The zero-order valence-electron chi connectivity index (χ0n) is 9.74. The van der Waals surface area contributed by atoms with E-state index in [0.29, 0.717) is 0 Å². The molecule has 1 radical (unpaired) electrons. The van der Waals surface area contributed by atoms with Crippen molar-refractivity contribution in [1.82, 2.24) is 0 Å². The second kappa shape index (κ2) is 8.90. The first kappa shape index (κ1) is 16.9. The fourth-order valence-electron chi connectivity index (χ4n) is 1.15. The third kappa shape index (κ3) is 6.40. The standard InChI is InChI=1S/2C7H6O2.Co/c2*8-7(9)6-4-2-1-3-5-6;/h2*1-5H,(H,8,9);/q;;+2/p-2. The monoisotopic (exact) mass is 301 g/mol. The van der Waals surface area contributed by atoms with Crippen LogP contribution in [0.1, 0.15) is 20.7 Å². The Bertz CT molecular complexity index is 462. The van der Waals surface area contributed by atoms with E-state index in [9.17, 15) is 19.8 Å². The number of carbonyl (C=O) groups is 2. The van der Waals surface area contributed by atoms with Crippen molar-refractivity contribution in [3.05, 3.63) is 71.8 Å². The van der Waals surface area contributed by atoms with Gasteiger partial charge in [-0.05, 0) is 11.1 Å². The number of hydrogen-bond donors (Lipinski definition) is 0. The van der Waals surface area contributed by atoms with Crippen LogP contribution >= 0.6 is 0 Å². The van der Waals surface area contributed by atoms with Gasteiger partial charge in [0.15, 0.2) is 0 Å². The molecule has 19 heavy (non-hydrogen) atoms. The molecular weight excluding hydrogens is 291 g/mol. The van der Waals surface area contributed by atoms with E-state index in [1.807, 2.05) is 0 Å². The van der Waals surface area contributed by atoms with Crippen LogP contribution in [-0.4, -0.2) is 11.9 Å². The molecule has 0 amide bonds. The van der Waals surface area contributed by atoms with Crippen LogP contribution in [0.15, 0.2) is 60.7 Å². The number of aromatic carboxylic acids is 2. The van der Waals surface area contributed by atoms with Crippen molar-refractivity contribution in [2.45, 2.75) is 0 Å². The first-order chi connectivity index (χ1) is 8.61. The van der Waals surface area contributed by atoms with Crippen LogP contribution in [0.3, 0.4) is 0 Å². The molecular formula is C14H10CoO4. The molecule has 0 bridgehead atoms. The van der Waals surface area contributed by atoms with Crippen molar-refractivity contribution in [3.63, 3.8) is 0 Å². The largest absolute Gasteiger partial charge is 2.00 e. The number of hydrogen-bond acceptors (Lipinski definition) is 4. The van der Waals surface area contributed by atoms with Crippen molar-refractivity contribution < 1.29 is 36.6 Å². The van der Waals surface area contributed by atoms with Crippen molar-refractivity contribution in [1.29, 1.82) is 0 Å². The van der Waals surface area contributed by atoms with E-state index in [1.165, 1.54) is 24.3 Å². The number of carboxylic acids is 2. The minimum atomic E-state index is -1.13. The van der Waals surface area contributed by atoms with Gasteiger partial charge < -0.3 is 19.8 Å². The Morgan fingerprint density at radius 2 is 0.895 bits per heavy atom. The second-order valence-corrected chi connectivity index (χ2v) is 3.31. The Balaban J connectivity index is 0.000000324.